The lowest BCUT2D eigenvalue weighted by Gasteiger charge is -2.14. The summed E-state index contributed by atoms with van der Waals surface area (Å²) < 4.78 is 5.05. The average Bonchev–Trinajstić information content (AvgIpc) is 2.63. The van der Waals surface area contributed by atoms with Gasteiger partial charge < -0.3 is 20.3 Å². The summed E-state index contributed by atoms with van der Waals surface area (Å²) in [6, 6.07) is 15.1. The number of phenols is 1. The molecular formula is C19H21NO5S. The number of alkyl carbamates (subject to hydrolysis) is 1. The second kappa shape index (κ2) is 10.4. The number of benzene rings is 2. The van der Waals surface area contributed by atoms with Crippen molar-refractivity contribution in [2.45, 2.75) is 24.8 Å². The highest BCUT2D eigenvalue weighted by Gasteiger charge is 2.20. The molecule has 1 amide bonds. The smallest absolute Gasteiger partial charge is 0.408 e. The molecular weight excluding hydrogens is 354 g/mol. The Kier molecular flexibility index (Phi) is 7.82. The first-order chi connectivity index (χ1) is 12.5. The zero-order valence-corrected chi connectivity index (χ0v) is 14.9. The molecule has 3 N–H and O–H groups in total. The Hall–Kier alpha value is -2.67. The Bertz CT molecular complexity index is 723. The van der Waals surface area contributed by atoms with E-state index in [4.69, 9.17) is 4.74 Å². The highest BCUT2D eigenvalue weighted by molar-refractivity contribution is 7.98. The standard InChI is InChI=1S/C19H21NO5S/c21-16-8-4-7-15(11-16)13-26-10-9-17(18(22)23)20-19(24)25-12-14-5-2-1-3-6-14/h1-8,11,17,21H,9-10,12-13H2,(H,20,24)(H,22,23). The van der Waals surface area contributed by atoms with Gasteiger partial charge in [-0.25, -0.2) is 9.59 Å². The average molecular weight is 375 g/mol. The lowest BCUT2D eigenvalue weighted by molar-refractivity contribution is -0.139. The number of amides is 1. The topological polar surface area (TPSA) is 95.9 Å². The van der Waals surface area contributed by atoms with Gasteiger partial charge in [-0.2, -0.15) is 11.8 Å². The first-order valence-electron chi connectivity index (χ1n) is 8.10. The van der Waals surface area contributed by atoms with Gasteiger partial charge in [0, 0.05) is 5.75 Å². The predicted molar refractivity (Wildman–Crippen MR) is 100 cm³/mol. The number of nitrogens with one attached hydrogen (secondary N) is 1. The summed E-state index contributed by atoms with van der Waals surface area (Å²) in [6.07, 6.45) is -0.474. The third-order valence-electron chi connectivity index (χ3n) is 3.53. The maximum absolute atomic E-state index is 11.8. The molecule has 1 atom stereocenters. The monoisotopic (exact) mass is 375 g/mol. The Morgan fingerprint density at radius 3 is 2.50 bits per heavy atom. The normalized spacial score (nSPS) is 11.5. The number of hydrogen-bond donors (Lipinski definition) is 3. The van der Waals surface area contributed by atoms with Gasteiger partial charge in [-0.15, -0.1) is 0 Å². The van der Waals surface area contributed by atoms with Crippen LogP contribution in [0.3, 0.4) is 0 Å². The van der Waals surface area contributed by atoms with Crippen LogP contribution in [0.2, 0.25) is 0 Å². The Morgan fingerprint density at radius 2 is 1.81 bits per heavy atom. The molecule has 0 saturated heterocycles. The van der Waals surface area contributed by atoms with E-state index in [1.807, 2.05) is 36.4 Å². The van der Waals surface area contributed by atoms with Gasteiger partial charge in [0.2, 0.25) is 0 Å². The van der Waals surface area contributed by atoms with Crippen molar-refractivity contribution in [1.29, 1.82) is 0 Å². The first-order valence-corrected chi connectivity index (χ1v) is 9.26. The van der Waals surface area contributed by atoms with Crippen molar-refractivity contribution in [2.24, 2.45) is 0 Å². The summed E-state index contributed by atoms with van der Waals surface area (Å²) in [5.74, 6) is 0.305. The molecule has 2 aromatic rings. The van der Waals surface area contributed by atoms with Crippen LogP contribution in [-0.2, 0) is 21.9 Å². The Morgan fingerprint density at radius 1 is 1.08 bits per heavy atom. The number of aliphatic carboxylic acids is 1. The number of phenolic OH excluding ortho intramolecular Hbond substituents is 1. The number of thioether (sulfide) groups is 1. The number of carbonyl (C=O) groups is 2. The quantitative estimate of drug-likeness (QED) is 0.582. The number of hydrogen-bond acceptors (Lipinski definition) is 5. The SMILES string of the molecule is O=C(NC(CCSCc1cccc(O)c1)C(=O)O)OCc1ccccc1. The van der Waals surface area contributed by atoms with E-state index in [-0.39, 0.29) is 18.8 Å². The zero-order chi connectivity index (χ0) is 18.8. The molecule has 0 spiro atoms. The minimum atomic E-state index is -1.10. The zero-order valence-electron chi connectivity index (χ0n) is 14.1. The van der Waals surface area contributed by atoms with Crippen LogP contribution in [0, 0.1) is 0 Å². The Labute approximate surface area is 156 Å². The van der Waals surface area contributed by atoms with E-state index >= 15 is 0 Å². The fourth-order valence-corrected chi connectivity index (χ4v) is 3.16. The van der Waals surface area contributed by atoms with Crippen LogP contribution in [0.15, 0.2) is 54.6 Å². The molecule has 6 nitrogen and oxygen atoms in total. The lowest BCUT2D eigenvalue weighted by Crippen LogP contribution is -2.41. The summed E-state index contributed by atoms with van der Waals surface area (Å²) in [5, 5.41) is 21.0. The molecule has 0 aromatic heterocycles. The van der Waals surface area contributed by atoms with Crippen molar-refractivity contribution in [2.75, 3.05) is 5.75 Å². The van der Waals surface area contributed by atoms with E-state index in [0.717, 1.165) is 11.1 Å². The van der Waals surface area contributed by atoms with E-state index in [9.17, 15) is 19.8 Å². The number of carboxylic acids is 1. The van der Waals surface area contributed by atoms with E-state index in [2.05, 4.69) is 5.32 Å². The van der Waals surface area contributed by atoms with Gasteiger partial charge in [-0.3, -0.25) is 0 Å². The molecule has 0 aliphatic rings. The molecule has 0 radical (unpaired) electrons. The van der Waals surface area contributed by atoms with Gasteiger partial charge in [-0.05, 0) is 35.4 Å². The maximum atomic E-state index is 11.8. The van der Waals surface area contributed by atoms with Crippen LogP contribution in [0.5, 0.6) is 5.75 Å². The van der Waals surface area contributed by atoms with Crippen LogP contribution in [-0.4, -0.2) is 34.1 Å². The third-order valence-corrected chi connectivity index (χ3v) is 4.59. The van der Waals surface area contributed by atoms with Crippen LogP contribution in [0.25, 0.3) is 0 Å². The van der Waals surface area contributed by atoms with Gasteiger partial charge in [0.25, 0.3) is 0 Å². The molecule has 0 fully saturated rings. The van der Waals surface area contributed by atoms with Crippen molar-refractivity contribution in [3.63, 3.8) is 0 Å². The number of rotatable bonds is 9. The molecule has 7 heteroatoms. The highest BCUT2D eigenvalue weighted by atomic mass is 32.2. The van der Waals surface area contributed by atoms with Gasteiger partial charge in [0.15, 0.2) is 0 Å². The van der Waals surface area contributed by atoms with Crippen LogP contribution in [0.4, 0.5) is 4.79 Å². The van der Waals surface area contributed by atoms with Gasteiger partial charge in [0.1, 0.15) is 18.4 Å². The molecule has 0 saturated carbocycles. The van der Waals surface area contributed by atoms with Crippen LogP contribution < -0.4 is 5.32 Å². The molecule has 1 unspecified atom stereocenters. The van der Waals surface area contributed by atoms with Crippen LogP contribution in [0.1, 0.15) is 17.5 Å². The van der Waals surface area contributed by atoms with E-state index < -0.39 is 18.1 Å². The van der Waals surface area contributed by atoms with Crippen molar-refractivity contribution >= 4 is 23.8 Å². The van der Waals surface area contributed by atoms with Crippen LogP contribution >= 0.6 is 11.8 Å². The molecule has 2 rings (SSSR count). The van der Waals surface area contributed by atoms with Crippen molar-refractivity contribution in [3.8, 4) is 5.75 Å². The summed E-state index contributed by atoms with van der Waals surface area (Å²) in [6.45, 7) is 0.0886. The molecule has 0 aliphatic heterocycles. The minimum Gasteiger partial charge on any atom is -0.508 e. The second-order valence-corrected chi connectivity index (χ2v) is 6.71. The minimum absolute atomic E-state index is 0.0886. The molecule has 0 bridgehead atoms. The van der Waals surface area contributed by atoms with Crippen molar-refractivity contribution in [1.82, 2.24) is 5.32 Å². The summed E-state index contributed by atoms with van der Waals surface area (Å²) >= 11 is 1.53. The molecule has 0 aliphatic carbocycles. The van der Waals surface area contributed by atoms with Gasteiger partial charge in [0.05, 0.1) is 0 Å². The number of carbonyl (C=O) groups excluding carboxylic acids is 1. The van der Waals surface area contributed by atoms with Gasteiger partial charge >= 0.3 is 12.1 Å². The molecule has 138 valence electrons. The third kappa shape index (κ3) is 7.06. The lowest BCUT2D eigenvalue weighted by atomic mass is 10.2. The fourth-order valence-electron chi connectivity index (χ4n) is 2.20. The van der Waals surface area contributed by atoms with Crippen molar-refractivity contribution < 1.29 is 24.5 Å². The molecule has 26 heavy (non-hydrogen) atoms. The summed E-state index contributed by atoms with van der Waals surface area (Å²) in [7, 11) is 0. The second-order valence-electron chi connectivity index (χ2n) is 5.61. The van der Waals surface area contributed by atoms with Crippen molar-refractivity contribution in [3.05, 3.63) is 65.7 Å². The van der Waals surface area contributed by atoms with E-state index in [1.165, 1.54) is 11.8 Å². The molecule has 0 heterocycles. The largest absolute Gasteiger partial charge is 0.508 e. The molecule has 2 aromatic carbocycles. The number of ether oxygens (including phenoxy) is 1. The van der Waals surface area contributed by atoms with Gasteiger partial charge in [-0.1, -0.05) is 42.5 Å². The maximum Gasteiger partial charge on any atom is 0.408 e. The number of carboxylic acid groups (broad SMARTS) is 1. The fraction of sp³-hybridized carbons (Fsp3) is 0.263. The first kappa shape index (κ1) is 19.7. The number of aromatic hydroxyl groups is 1. The predicted octanol–water partition coefficient (Wildman–Crippen LogP) is 3.40. The summed E-state index contributed by atoms with van der Waals surface area (Å²) in [4.78, 5) is 23.1. The Balaban J connectivity index is 1.72. The van der Waals surface area contributed by atoms with E-state index in [0.29, 0.717) is 11.5 Å². The van der Waals surface area contributed by atoms with E-state index in [1.54, 1.807) is 18.2 Å². The summed E-state index contributed by atoms with van der Waals surface area (Å²) in [5.41, 5.74) is 1.79. The highest BCUT2D eigenvalue weighted by Crippen LogP contribution is 2.18.